The molecule has 0 saturated heterocycles. The monoisotopic (exact) mass is 1060 g/mol. The van der Waals surface area contributed by atoms with Gasteiger partial charge in [0, 0.05) is 19.3 Å². The summed E-state index contributed by atoms with van der Waals surface area (Å²) >= 11 is 0. The Bertz CT molecular complexity index is 1700. The third-order valence-corrected chi connectivity index (χ3v) is 12.8. The van der Waals surface area contributed by atoms with Crippen LogP contribution in [0.4, 0.5) is 0 Å². The van der Waals surface area contributed by atoms with Crippen molar-refractivity contribution >= 4 is 17.9 Å². The van der Waals surface area contributed by atoms with E-state index in [4.69, 9.17) is 14.2 Å². The smallest absolute Gasteiger partial charge is 0.306 e. The Morgan fingerprint density at radius 3 is 0.844 bits per heavy atom. The maximum atomic E-state index is 12.8. The molecule has 0 saturated carbocycles. The van der Waals surface area contributed by atoms with Gasteiger partial charge in [0.05, 0.1) is 0 Å². The van der Waals surface area contributed by atoms with Crippen molar-refractivity contribution in [2.24, 2.45) is 0 Å². The van der Waals surface area contributed by atoms with Crippen LogP contribution in [-0.4, -0.2) is 37.2 Å². The first-order valence-corrected chi connectivity index (χ1v) is 31.3. The zero-order valence-corrected chi connectivity index (χ0v) is 49.7. The van der Waals surface area contributed by atoms with E-state index in [1.54, 1.807) is 0 Å². The van der Waals surface area contributed by atoms with E-state index in [2.05, 4.69) is 167 Å². The van der Waals surface area contributed by atoms with E-state index in [-0.39, 0.29) is 31.1 Å². The van der Waals surface area contributed by atoms with Crippen LogP contribution in [-0.2, 0) is 28.6 Å². The maximum Gasteiger partial charge on any atom is 0.306 e. The van der Waals surface area contributed by atoms with Crippen molar-refractivity contribution in [3.8, 4) is 0 Å². The Hall–Kier alpha value is -4.71. The lowest BCUT2D eigenvalue weighted by Gasteiger charge is -2.18. The van der Waals surface area contributed by atoms with Gasteiger partial charge in [0.25, 0.3) is 0 Å². The minimum absolute atomic E-state index is 0.0983. The van der Waals surface area contributed by atoms with Crippen LogP contribution in [0.15, 0.2) is 146 Å². The predicted molar refractivity (Wildman–Crippen MR) is 334 cm³/mol. The Balaban J connectivity index is 4.31. The van der Waals surface area contributed by atoms with Gasteiger partial charge in [-0.2, -0.15) is 0 Å². The summed E-state index contributed by atoms with van der Waals surface area (Å²) in [6.07, 6.45) is 91.4. The number of carbonyl (C=O) groups is 3. The third-order valence-electron chi connectivity index (χ3n) is 12.8. The standard InChI is InChI=1S/C71H114O6/c1-4-7-10-13-16-19-22-25-27-28-29-30-31-32-33-34-35-36-37-38-39-40-41-42-43-44-45-47-49-52-55-58-61-64-70(73)76-67-68(66-75-69(72)63-60-57-54-51-48-24-21-18-15-12-9-6-3)77-71(74)65-62-59-56-53-50-46-26-23-20-17-14-11-8-5-2/h7,10,14,16-19,21,23,25-27,29-30,32-33,35-36,38-39,41-42,44-45,68H,4-6,8-9,11-13,15,20,22,24,28,31,34,37,40,43,46-67H2,1-3H3/b10-7-,17-14-,19-16-,21-18-,26-23-,27-25-,30-29-,33-32-,36-35-,39-38-,42-41-,45-44-. The van der Waals surface area contributed by atoms with Crippen LogP contribution in [0, 0.1) is 0 Å². The Kier molecular flexibility index (Phi) is 59.9. The molecule has 0 N–H and O–H groups in total. The van der Waals surface area contributed by atoms with Crippen LogP contribution in [0.25, 0.3) is 0 Å². The topological polar surface area (TPSA) is 78.9 Å². The summed E-state index contributed by atoms with van der Waals surface area (Å²) in [4.78, 5) is 38.2. The van der Waals surface area contributed by atoms with Crippen LogP contribution >= 0.6 is 0 Å². The van der Waals surface area contributed by atoms with Crippen LogP contribution in [0.1, 0.15) is 265 Å². The van der Waals surface area contributed by atoms with Gasteiger partial charge in [0.2, 0.25) is 0 Å². The van der Waals surface area contributed by atoms with Gasteiger partial charge >= 0.3 is 17.9 Å². The number of allylic oxidation sites excluding steroid dienone is 24. The van der Waals surface area contributed by atoms with Gasteiger partial charge < -0.3 is 14.2 Å². The second-order valence-electron chi connectivity index (χ2n) is 20.2. The van der Waals surface area contributed by atoms with E-state index in [9.17, 15) is 14.4 Å². The van der Waals surface area contributed by atoms with Crippen molar-refractivity contribution in [2.75, 3.05) is 13.2 Å². The molecule has 0 aromatic heterocycles. The highest BCUT2D eigenvalue weighted by Gasteiger charge is 2.19. The number of rotatable bonds is 55. The second kappa shape index (κ2) is 63.8. The SMILES string of the molecule is CC/C=C\C/C=C\C/C=C\C/C=C\C/C=C\C/C=C\C/C=C\C/C=C\C/C=C\CCCCCCCC(=O)OCC(COC(=O)CCCCCCC/C=C\CCCCC)OC(=O)CCCCCCC/C=C\C/C=C\CCCC. The van der Waals surface area contributed by atoms with E-state index >= 15 is 0 Å². The molecule has 0 heterocycles. The van der Waals surface area contributed by atoms with Gasteiger partial charge in [-0.05, 0) is 141 Å². The molecule has 0 fully saturated rings. The third kappa shape index (κ3) is 62.0. The van der Waals surface area contributed by atoms with Crippen LogP contribution in [0.5, 0.6) is 0 Å². The number of unbranched alkanes of at least 4 members (excludes halogenated alkanes) is 20. The van der Waals surface area contributed by atoms with Crippen molar-refractivity contribution in [1.29, 1.82) is 0 Å². The van der Waals surface area contributed by atoms with E-state index in [1.807, 2.05) is 0 Å². The van der Waals surface area contributed by atoms with E-state index in [0.717, 1.165) is 173 Å². The minimum atomic E-state index is -0.802. The lowest BCUT2D eigenvalue weighted by molar-refractivity contribution is -0.167. The molecule has 0 aliphatic heterocycles. The molecule has 0 rings (SSSR count). The molecule has 6 heteroatoms. The lowest BCUT2D eigenvalue weighted by atomic mass is 10.1. The molecule has 0 radical (unpaired) electrons. The molecular formula is C71H114O6. The highest BCUT2D eigenvalue weighted by Crippen LogP contribution is 2.14. The summed E-state index contributed by atoms with van der Waals surface area (Å²) in [6.45, 7) is 6.42. The average Bonchev–Trinajstić information content (AvgIpc) is 3.43. The Morgan fingerprint density at radius 1 is 0.273 bits per heavy atom. The first kappa shape index (κ1) is 72.3. The quantitative estimate of drug-likeness (QED) is 0.0261. The van der Waals surface area contributed by atoms with Gasteiger partial charge in [0.15, 0.2) is 6.10 Å². The summed E-state index contributed by atoms with van der Waals surface area (Å²) in [5.41, 5.74) is 0. The van der Waals surface area contributed by atoms with Crippen molar-refractivity contribution in [3.05, 3.63) is 146 Å². The largest absolute Gasteiger partial charge is 0.462 e. The zero-order valence-electron chi connectivity index (χ0n) is 49.7. The average molecular weight is 1060 g/mol. The van der Waals surface area contributed by atoms with Gasteiger partial charge in [-0.15, -0.1) is 0 Å². The first-order chi connectivity index (χ1) is 38.0. The lowest BCUT2D eigenvalue weighted by Crippen LogP contribution is -2.30. The molecule has 0 amide bonds. The highest BCUT2D eigenvalue weighted by atomic mass is 16.6. The molecular weight excluding hydrogens is 949 g/mol. The van der Waals surface area contributed by atoms with Crippen molar-refractivity contribution in [2.45, 2.75) is 271 Å². The maximum absolute atomic E-state index is 12.8. The fraction of sp³-hybridized carbons (Fsp3) is 0.620. The fourth-order valence-electron chi connectivity index (χ4n) is 8.09. The number of esters is 3. The van der Waals surface area contributed by atoms with Crippen LogP contribution in [0.3, 0.4) is 0 Å². The minimum Gasteiger partial charge on any atom is -0.462 e. The van der Waals surface area contributed by atoms with Crippen LogP contribution < -0.4 is 0 Å². The summed E-state index contributed by atoms with van der Waals surface area (Å²) in [6, 6.07) is 0. The summed E-state index contributed by atoms with van der Waals surface area (Å²) in [5, 5.41) is 0. The van der Waals surface area contributed by atoms with Gasteiger partial charge in [0.1, 0.15) is 13.2 Å². The fourth-order valence-corrected chi connectivity index (χ4v) is 8.09. The van der Waals surface area contributed by atoms with Crippen molar-refractivity contribution in [3.63, 3.8) is 0 Å². The number of hydrogen-bond donors (Lipinski definition) is 0. The van der Waals surface area contributed by atoms with Crippen molar-refractivity contribution < 1.29 is 28.6 Å². The number of hydrogen-bond acceptors (Lipinski definition) is 6. The Labute approximate surface area is 474 Å². The molecule has 6 nitrogen and oxygen atoms in total. The normalized spacial score (nSPS) is 13.1. The Morgan fingerprint density at radius 2 is 0.519 bits per heavy atom. The van der Waals surface area contributed by atoms with E-state index in [0.29, 0.717) is 19.3 Å². The first-order valence-electron chi connectivity index (χ1n) is 31.3. The molecule has 0 bridgehead atoms. The summed E-state index contributed by atoms with van der Waals surface area (Å²) < 4.78 is 16.8. The van der Waals surface area contributed by atoms with E-state index < -0.39 is 6.10 Å². The zero-order chi connectivity index (χ0) is 55.7. The highest BCUT2D eigenvalue weighted by molar-refractivity contribution is 5.71. The molecule has 1 unspecified atom stereocenters. The molecule has 77 heavy (non-hydrogen) atoms. The number of carbonyl (C=O) groups excluding carboxylic acids is 3. The van der Waals surface area contributed by atoms with Crippen molar-refractivity contribution in [1.82, 2.24) is 0 Å². The molecule has 0 aliphatic rings. The van der Waals surface area contributed by atoms with E-state index in [1.165, 1.54) is 51.4 Å². The molecule has 0 aromatic rings. The summed E-state index contributed by atoms with van der Waals surface area (Å²) in [7, 11) is 0. The van der Waals surface area contributed by atoms with Gasteiger partial charge in [-0.25, -0.2) is 0 Å². The number of ether oxygens (including phenoxy) is 3. The molecule has 0 aliphatic carbocycles. The predicted octanol–water partition coefficient (Wildman–Crippen LogP) is 21.5. The summed E-state index contributed by atoms with van der Waals surface area (Å²) in [5.74, 6) is -0.944. The molecule has 1 atom stereocenters. The molecule has 0 spiro atoms. The van der Waals surface area contributed by atoms with Gasteiger partial charge in [-0.3, -0.25) is 14.4 Å². The molecule has 434 valence electrons. The second-order valence-corrected chi connectivity index (χ2v) is 20.2. The van der Waals surface area contributed by atoms with Gasteiger partial charge in [-0.1, -0.05) is 250 Å². The molecule has 0 aromatic carbocycles. The van der Waals surface area contributed by atoms with Crippen LogP contribution in [0.2, 0.25) is 0 Å².